The minimum absolute atomic E-state index is 0.424. The lowest BCUT2D eigenvalue weighted by Crippen LogP contribution is -2.56. The Bertz CT molecular complexity index is 481. The molecule has 1 N–H and O–H groups in total. The van der Waals surface area contributed by atoms with E-state index in [1.165, 1.54) is 0 Å². The third-order valence-corrected chi connectivity index (χ3v) is 4.09. The largest absolute Gasteiger partial charge is 0.365 e. The number of nitriles is 1. The molecule has 1 fully saturated rings. The van der Waals surface area contributed by atoms with E-state index in [0.29, 0.717) is 22.7 Å². The van der Waals surface area contributed by atoms with Crippen LogP contribution in [0.4, 0.5) is 5.69 Å². The van der Waals surface area contributed by atoms with Crippen molar-refractivity contribution in [1.29, 1.82) is 5.26 Å². The Kier molecular flexibility index (Phi) is 4.68. The zero-order valence-electron chi connectivity index (χ0n) is 11.5. The molecule has 0 aliphatic carbocycles. The lowest BCUT2D eigenvalue weighted by Gasteiger charge is -2.42. The number of halogens is 1. The first-order valence-electron chi connectivity index (χ1n) is 6.89. The van der Waals surface area contributed by atoms with E-state index < -0.39 is 0 Å². The fourth-order valence-corrected chi connectivity index (χ4v) is 2.80. The molecule has 0 amide bonds. The van der Waals surface area contributed by atoms with Crippen molar-refractivity contribution in [2.24, 2.45) is 0 Å². The highest BCUT2D eigenvalue weighted by Gasteiger charge is 2.27. The van der Waals surface area contributed by atoms with Gasteiger partial charge < -0.3 is 10.2 Å². The second kappa shape index (κ2) is 6.27. The molecule has 19 heavy (non-hydrogen) atoms. The average molecular weight is 278 g/mol. The monoisotopic (exact) mass is 277 g/mol. The SMILES string of the molecule is CCC1CN(c2cc(Cl)ccc2C#N)C(CC)CN1. The maximum atomic E-state index is 9.29. The Balaban J connectivity index is 2.36. The Morgan fingerprint density at radius 3 is 2.84 bits per heavy atom. The van der Waals surface area contributed by atoms with Crippen molar-refractivity contribution in [2.75, 3.05) is 18.0 Å². The summed E-state index contributed by atoms with van der Waals surface area (Å²) in [5.41, 5.74) is 1.68. The van der Waals surface area contributed by atoms with E-state index in [-0.39, 0.29) is 0 Å². The van der Waals surface area contributed by atoms with Crippen LogP contribution in [0.5, 0.6) is 0 Å². The van der Waals surface area contributed by atoms with Crippen molar-refractivity contribution in [3.8, 4) is 6.07 Å². The van der Waals surface area contributed by atoms with Crippen LogP contribution in [0.1, 0.15) is 32.3 Å². The second-order valence-electron chi connectivity index (χ2n) is 5.00. The molecule has 1 saturated heterocycles. The topological polar surface area (TPSA) is 39.1 Å². The molecule has 1 aliphatic heterocycles. The number of anilines is 1. The molecule has 0 aromatic heterocycles. The van der Waals surface area contributed by atoms with Crippen LogP contribution in [-0.4, -0.2) is 25.2 Å². The summed E-state index contributed by atoms with van der Waals surface area (Å²) in [4.78, 5) is 2.34. The summed E-state index contributed by atoms with van der Waals surface area (Å²) in [7, 11) is 0. The third kappa shape index (κ3) is 3.02. The van der Waals surface area contributed by atoms with E-state index >= 15 is 0 Å². The van der Waals surface area contributed by atoms with Gasteiger partial charge in [0.05, 0.1) is 11.3 Å². The number of nitrogens with zero attached hydrogens (tertiary/aromatic N) is 2. The molecule has 0 saturated carbocycles. The zero-order chi connectivity index (χ0) is 13.8. The van der Waals surface area contributed by atoms with Gasteiger partial charge in [-0.1, -0.05) is 25.4 Å². The predicted molar refractivity (Wildman–Crippen MR) is 79.7 cm³/mol. The van der Waals surface area contributed by atoms with Crippen LogP contribution in [0.3, 0.4) is 0 Å². The van der Waals surface area contributed by atoms with Gasteiger partial charge >= 0.3 is 0 Å². The van der Waals surface area contributed by atoms with Crippen molar-refractivity contribution in [1.82, 2.24) is 5.32 Å². The molecule has 0 radical (unpaired) electrons. The maximum absolute atomic E-state index is 9.29. The molecule has 102 valence electrons. The van der Waals surface area contributed by atoms with Gasteiger partial charge in [0.15, 0.2) is 0 Å². The lowest BCUT2D eigenvalue weighted by molar-refractivity contribution is 0.378. The Labute approximate surface area is 120 Å². The van der Waals surface area contributed by atoms with E-state index in [1.54, 1.807) is 6.07 Å². The highest BCUT2D eigenvalue weighted by atomic mass is 35.5. The number of benzene rings is 1. The van der Waals surface area contributed by atoms with Gasteiger partial charge in [-0.15, -0.1) is 0 Å². The maximum Gasteiger partial charge on any atom is 0.101 e. The van der Waals surface area contributed by atoms with Crippen molar-refractivity contribution < 1.29 is 0 Å². The van der Waals surface area contributed by atoms with Gasteiger partial charge in [0.2, 0.25) is 0 Å². The highest BCUT2D eigenvalue weighted by molar-refractivity contribution is 6.30. The van der Waals surface area contributed by atoms with Gasteiger partial charge in [-0.2, -0.15) is 5.26 Å². The summed E-state index contributed by atoms with van der Waals surface area (Å²) in [5.74, 6) is 0. The summed E-state index contributed by atoms with van der Waals surface area (Å²) in [6.07, 6.45) is 2.15. The van der Waals surface area contributed by atoms with Crippen LogP contribution >= 0.6 is 11.6 Å². The van der Waals surface area contributed by atoms with Gasteiger partial charge in [0.1, 0.15) is 6.07 Å². The quantitative estimate of drug-likeness (QED) is 0.922. The molecule has 2 unspecified atom stereocenters. The normalized spacial score (nSPS) is 23.2. The molecule has 1 aliphatic rings. The van der Waals surface area contributed by atoms with Crippen LogP contribution in [-0.2, 0) is 0 Å². The van der Waals surface area contributed by atoms with Crippen molar-refractivity contribution in [3.05, 3.63) is 28.8 Å². The molecule has 2 atom stereocenters. The molecule has 1 heterocycles. The lowest BCUT2D eigenvalue weighted by atomic mass is 10.0. The van der Waals surface area contributed by atoms with E-state index in [2.05, 4.69) is 30.1 Å². The van der Waals surface area contributed by atoms with E-state index in [1.807, 2.05) is 12.1 Å². The Morgan fingerprint density at radius 1 is 1.42 bits per heavy atom. The van der Waals surface area contributed by atoms with Crippen LogP contribution in [0.15, 0.2) is 18.2 Å². The van der Waals surface area contributed by atoms with E-state index in [4.69, 9.17) is 11.6 Å². The average Bonchev–Trinajstić information content (AvgIpc) is 2.46. The molecular weight excluding hydrogens is 258 g/mol. The number of piperazine rings is 1. The van der Waals surface area contributed by atoms with Gasteiger partial charge in [0, 0.05) is 30.2 Å². The molecule has 1 aromatic rings. The minimum Gasteiger partial charge on any atom is -0.365 e. The first-order chi connectivity index (χ1) is 9.19. The zero-order valence-corrected chi connectivity index (χ0v) is 12.2. The highest BCUT2D eigenvalue weighted by Crippen LogP contribution is 2.28. The van der Waals surface area contributed by atoms with Crippen molar-refractivity contribution in [3.63, 3.8) is 0 Å². The van der Waals surface area contributed by atoms with Crippen LogP contribution in [0.2, 0.25) is 5.02 Å². The summed E-state index contributed by atoms with van der Waals surface area (Å²) in [6.45, 7) is 6.27. The van der Waals surface area contributed by atoms with Gasteiger partial charge in [-0.05, 0) is 31.0 Å². The number of nitrogens with one attached hydrogen (secondary N) is 1. The Morgan fingerprint density at radius 2 is 2.21 bits per heavy atom. The van der Waals surface area contributed by atoms with E-state index in [9.17, 15) is 5.26 Å². The van der Waals surface area contributed by atoms with Crippen molar-refractivity contribution >= 4 is 17.3 Å². The van der Waals surface area contributed by atoms with E-state index in [0.717, 1.165) is 31.6 Å². The van der Waals surface area contributed by atoms with Gasteiger partial charge in [0.25, 0.3) is 0 Å². The molecule has 4 heteroatoms. The summed E-state index contributed by atoms with van der Waals surface area (Å²) < 4.78 is 0. The third-order valence-electron chi connectivity index (χ3n) is 3.85. The van der Waals surface area contributed by atoms with Crippen molar-refractivity contribution in [2.45, 2.75) is 38.8 Å². The standard InChI is InChI=1S/C15H20ClN3/c1-3-13-10-19(14(4-2)9-18-13)15-7-12(16)6-5-11(15)8-17/h5-7,13-14,18H,3-4,9-10H2,1-2H3. The summed E-state index contributed by atoms with van der Waals surface area (Å²) >= 11 is 6.10. The number of hydrogen-bond donors (Lipinski definition) is 1. The summed E-state index contributed by atoms with van der Waals surface area (Å²) in [6, 6.07) is 8.69. The first-order valence-corrected chi connectivity index (χ1v) is 7.27. The van der Waals surface area contributed by atoms with Crippen LogP contribution in [0, 0.1) is 11.3 Å². The molecule has 1 aromatic carbocycles. The predicted octanol–water partition coefficient (Wildman–Crippen LogP) is 3.18. The summed E-state index contributed by atoms with van der Waals surface area (Å²) in [5, 5.41) is 13.5. The van der Waals surface area contributed by atoms with Gasteiger partial charge in [-0.3, -0.25) is 0 Å². The first kappa shape index (κ1) is 14.2. The van der Waals surface area contributed by atoms with Crippen LogP contribution in [0.25, 0.3) is 0 Å². The number of rotatable bonds is 3. The molecule has 3 nitrogen and oxygen atoms in total. The Hall–Kier alpha value is -1.24. The molecule has 0 bridgehead atoms. The second-order valence-corrected chi connectivity index (χ2v) is 5.44. The molecule has 2 rings (SSSR count). The fraction of sp³-hybridized carbons (Fsp3) is 0.533. The molecular formula is C15H20ClN3. The van der Waals surface area contributed by atoms with Gasteiger partial charge in [-0.25, -0.2) is 0 Å². The molecule has 0 spiro atoms. The smallest absolute Gasteiger partial charge is 0.101 e. The number of hydrogen-bond acceptors (Lipinski definition) is 3. The fourth-order valence-electron chi connectivity index (χ4n) is 2.63. The van der Waals surface area contributed by atoms with Crippen LogP contribution < -0.4 is 10.2 Å². The minimum atomic E-state index is 0.424.